The van der Waals surface area contributed by atoms with Gasteiger partial charge in [0, 0.05) is 34.3 Å². The van der Waals surface area contributed by atoms with Crippen molar-refractivity contribution in [3.05, 3.63) is 52.0 Å². The number of halogens is 2. The second-order valence-electron chi connectivity index (χ2n) is 8.52. The van der Waals surface area contributed by atoms with Crippen LogP contribution in [0.15, 0.2) is 36.4 Å². The summed E-state index contributed by atoms with van der Waals surface area (Å²) in [6, 6.07) is 8.37. The number of amides is 2. The molecule has 0 bridgehead atoms. The molecule has 0 saturated heterocycles. The molecule has 0 saturated carbocycles. The average molecular weight is 575 g/mol. The van der Waals surface area contributed by atoms with E-state index in [0.717, 1.165) is 10.6 Å². The zero-order valence-corrected chi connectivity index (χ0v) is 24.1. The smallest absolute Gasteiger partial charge is 0.244 e. The van der Waals surface area contributed by atoms with Gasteiger partial charge in [-0.3, -0.25) is 13.9 Å². The van der Waals surface area contributed by atoms with E-state index in [0.29, 0.717) is 33.5 Å². The van der Waals surface area contributed by atoms with Crippen molar-refractivity contribution < 1.29 is 27.5 Å². The number of ether oxygens (including phenoxy) is 2. The minimum Gasteiger partial charge on any atom is -0.493 e. The lowest BCUT2D eigenvalue weighted by molar-refractivity contribution is -0.139. The Morgan fingerprint density at radius 2 is 1.62 bits per heavy atom. The van der Waals surface area contributed by atoms with Crippen LogP contribution < -0.4 is 19.1 Å². The third kappa shape index (κ3) is 7.90. The fourth-order valence-electron chi connectivity index (χ4n) is 3.50. The van der Waals surface area contributed by atoms with Gasteiger partial charge in [0.05, 0.1) is 26.2 Å². The van der Waals surface area contributed by atoms with E-state index >= 15 is 0 Å². The molecule has 0 fully saturated rings. The highest BCUT2D eigenvalue weighted by Gasteiger charge is 2.31. The Balaban J connectivity index is 2.49. The summed E-state index contributed by atoms with van der Waals surface area (Å²) < 4.78 is 37.0. The summed E-state index contributed by atoms with van der Waals surface area (Å²) in [6.07, 6.45) is 1.69. The van der Waals surface area contributed by atoms with Crippen molar-refractivity contribution in [3.8, 4) is 11.5 Å². The molecular formula is C25H33Cl2N3O6S. The molecule has 0 heterocycles. The monoisotopic (exact) mass is 573 g/mol. The number of rotatable bonds is 12. The molecular weight excluding hydrogens is 541 g/mol. The maximum Gasteiger partial charge on any atom is 0.244 e. The van der Waals surface area contributed by atoms with Gasteiger partial charge in [0.15, 0.2) is 11.5 Å². The van der Waals surface area contributed by atoms with Crippen LogP contribution in [0.5, 0.6) is 11.5 Å². The molecule has 37 heavy (non-hydrogen) atoms. The first-order valence-corrected chi connectivity index (χ1v) is 14.2. The normalized spacial score (nSPS) is 12.9. The van der Waals surface area contributed by atoms with Crippen LogP contribution in [0.25, 0.3) is 0 Å². The van der Waals surface area contributed by atoms with E-state index in [2.05, 4.69) is 5.32 Å². The summed E-state index contributed by atoms with van der Waals surface area (Å²) in [5.41, 5.74) is 0.639. The van der Waals surface area contributed by atoms with Gasteiger partial charge >= 0.3 is 0 Å². The lowest BCUT2D eigenvalue weighted by Crippen LogP contribution is -2.52. The molecule has 1 N–H and O–H groups in total. The summed E-state index contributed by atoms with van der Waals surface area (Å²) in [5.74, 6) is -0.315. The molecule has 2 rings (SSSR count). The van der Waals surface area contributed by atoms with Crippen molar-refractivity contribution in [2.24, 2.45) is 0 Å². The van der Waals surface area contributed by atoms with Crippen molar-refractivity contribution in [2.75, 3.05) is 31.3 Å². The number of anilines is 1. The zero-order valence-electron chi connectivity index (χ0n) is 21.7. The Kier molecular flexibility index (Phi) is 10.9. The van der Waals surface area contributed by atoms with Crippen LogP contribution in [0.3, 0.4) is 0 Å². The lowest BCUT2D eigenvalue weighted by Gasteiger charge is -2.32. The van der Waals surface area contributed by atoms with E-state index < -0.39 is 28.5 Å². The van der Waals surface area contributed by atoms with Crippen LogP contribution in [0.2, 0.25) is 10.0 Å². The maximum absolute atomic E-state index is 13.7. The van der Waals surface area contributed by atoms with Gasteiger partial charge in [0.25, 0.3) is 0 Å². The van der Waals surface area contributed by atoms with Gasteiger partial charge in [-0.15, -0.1) is 0 Å². The minimum absolute atomic E-state index is 0.101. The molecule has 0 unspecified atom stereocenters. The van der Waals surface area contributed by atoms with Crippen molar-refractivity contribution in [3.63, 3.8) is 0 Å². The predicted octanol–water partition coefficient (Wildman–Crippen LogP) is 4.11. The molecule has 2 atom stereocenters. The molecule has 204 valence electrons. The molecule has 9 nitrogen and oxygen atoms in total. The van der Waals surface area contributed by atoms with Gasteiger partial charge in [0.1, 0.15) is 12.6 Å². The summed E-state index contributed by atoms with van der Waals surface area (Å²) >= 11 is 12.7. The van der Waals surface area contributed by atoms with E-state index in [9.17, 15) is 18.0 Å². The van der Waals surface area contributed by atoms with Gasteiger partial charge in [0.2, 0.25) is 21.8 Å². The fourth-order valence-corrected chi connectivity index (χ4v) is 4.85. The average Bonchev–Trinajstić information content (AvgIpc) is 2.85. The number of carbonyl (C=O) groups is 2. The van der Waals surface area contributed by atoms with Gasteiger partial charge in [-0.2, -0.15) is 0 Å². The quantitative estimate of drug-likeness (QED) is 0.409. The Morgan fingerprint density at radius 3 is 2.14 bits per heavy atom. The van der Waals surface area contributed by atoms with Crippen LogP contribution in [0.1, 0.15) is 32.8 Å². The van der Waals surface area contributed by atoms with E-state index in [-0.39, 0.29) is 24.2 Å². The highest BCUT2D eigenvalue weighted by Crippen LogP contribution is 2.33. The number of hydrogen-bond donors (Lipinski definition) is 1. The molecule has 0 spiro atoms. The predicted molar refractivity (Wildman–Crippen MR) is 146 cm³/mol. The highest BCUT2D eigenvalue weighted by molar-refractivity contribution is 7.92. The summed E-state index contributed by atoms with van der Waals surface area (Å²) in [5, 5.41) is 3.50. The first-order chi connectivity index (χ1) is 17.3. The third-order valence-electron chi connectivity index (χ3n) is 5.89. The molecule has 0 aromatic heterocycles. The molecule has 2 aromatic rings. The number of nitrogens with one attached hydrogen (secondary N) is 1. The largest absolute Gasteiger partial charge is 0.493 e. The van der Waals surface area contributed by atoms with Gasteiger partial charge in [-0.05, 0) is 44.5 Å². The van der Waals surface area contributed by atoms with Gasteiger partial charge < -0.3 is 19.7 Å². The zero-order chi connectivity index (χ0) is 27.9. The SMILES string of the molecule is CC[C@@H](C)NC(=O)[C@@H](C)N(Cc1c(Cl)cccc1Cl)C(=O)CN(c1ccc(OC)c(OC)c1)S(C)(=O)=O. The number of hydrogen-bond acceptors (Lipinski definition) is 6. The molecule has 0 aliphatic heterocycles. The molecule has 12 heteroatoms. The highest BCUT2D eigenvalue weighted by atomic mass is 35.5. The van der Waals surface area contributed by atoms with Crippen molar-refractivity contribution in [1.29, 1.82) is 0 Å². The van der Waals surface area contributed by atoms with Crippen LogP contribution >= 0.6 is 23.2 Å². The van der Waals surface area contributed by atoms with E-state index in [1.165, 1.54) is 31.3 Å². The van der Waals surface area contributed by atoms with Crippen molar-refractivity contribution in [1.82, 2.24) is 10.2 Å². The Hall–Kier alpha value is -2.69. The summed E-state index contributed by atoms with van der Waals surface area (Å²) in [7, 11) is -1.03. The van der Waals surface area contributed by atoms with Crippen LogP contribution in [-0.4, -0.2) is 64.2 Å². The Morgan fingerprint density at radius 1 is 1.03 bits per heavy atom. The van der Waals surface area contributed by atoms with Gasteiger partial charge in [-0.25, -0.2) is 8.42 Å². The first kappa shape index (κ1) is 30.5. The molecule has 2 aromatic carbocycles. The Bertz CT molecular complexity index is 1200. The standard InChI is InChI=1S/C25H33Cl2N3O6S/c1-7-16(2)28-25(32)17(3)29(14-19-20(26)9-8-10-21(19)27)24(31)15-30(37(6,33)34)18-11-12-22(35-4)23(13-18)36-5/h8-13,16-17H,7,14-15H2,1-6H3,(H,28,32)/t16-,17-/m1/s1. The topological polar surface area (TPSA) is 105 Å². The van der Waals surface area contributed by atoms with Crippen LogP contribution in [0, 0.1) is 0 Å². The molecule has 2 amide bonds. The number of carbonyl (C=O) groups excluding carboxylic acids is 2. The fraction of sp³-hybridized carbons (Fsp3) is 0.440. The number of benzene rings is 2. The second kappa shape index (κ2) is 13.2. The molecule has 0 aliphatic carbocycles. The van der Waals surface area contributed by atoms with E-state index in [1.54, 1.807) is 31.2 Å². The number of methoxy groups -OCH3 is 2. The molecule has 0 radical (unpaired) electrons. The van der Waals surface area contributed by atoms with Crippen molar-refractivity contribution >= 4 is 50.7 Å². The summed E-state index contributed by atoms with van der Waals surface area (Å²) in [6.45, 7) is 4.67. The van der Waals surface area contributed by atoms with Crippen LogP contribution in [-0.2, 0) is 26.2 Å². The third-order valence-corrected chi connectivity index (χ3v) is 7.74. The van der Waals surface area contributed by atoms with E-state index in [4.69, 9.17) is 32.7 Å². The minimum atomic E-state index is -3.91. The first-order valence-electron chi connectivity index (χ1n) is 11.6. The van der Waals surface area contributed by atoms with Gasteiger partial charge in [-0.1, -0.05) is 36.2 Å². The number of sulfonamides is 1. The van der Waals surface area contributed by atoms with Crippen molar-refractivity contribution in [2.45, 2.75) is 45.8 Å². The van der Waals surface area contributed by atoms with E-state index in [1.807, 2.05) is 13.8 Å². The number of nitrogens with zero attached hydrogens (tertiary/aromatic N) is 2. The molecule has 0 aliphatic rings. The summed E-state index contributed by atoms with van der Waals surface area (Å²) in [4.78, 5) is 27.9. The Labute approximate surface area is 228 Å². The maximum atomic E-state index is 13.7. The lowest BCUT2D eigenvalue weighted by atomic mass is 10.1. The van der Waals surface area contributed by atoms with Crippen LogP contribution in [0.4, 0.5) is 5.69 Å². The second-order valence-corrected chi connectivity index (χ2v) is 11.2.